The molecule has 1 aliphatic rings. The highest BCUT2D eigenvalue weighted by Crippen LogP contribution is 2.35. The Labute approximate surface area is 205 Å². The number of amides is 1. The molecule has 1 heterocycles. The van der Waals surface area contributed by atoms with Crippen LogP contribution >= 0.6 is 0 Å². The lowest BCUT2D eigenvalue weighted by molar-refractivity contribution is -0.121. The Balaban J connectivity index is 1.59. The van der Waals surface area contributed by atoms with Gasteiger partial charge in [-0.2, -0.15) is 0 Å². The molecule has 1 N–H and O–H groups in total. The zero-order valence-electron chi connectivity index (χ0n) is 19.9. The van der Waals surface area contributed by atoms with E-state index in [4.69, 9.17) is 14.2 Å². The van der Waals surface area contributed by atoms with Crippen LogP contribution in [-0.4, -0.2) is 79.8 Å². The minimum absolute atomic E-state index is 0.0983. The average molecular weight is 528 g/mol. The molecule has 13 heteroatoms. The van der Waals surface area contributed by atoms with Gasteiger partial charge in [0, 0.05) is 20.2 Å². The summed E-state index contributed by atoms with van der Waals surface area (Å²) < 4.78 is 67.9. The van der Waals surface area contributed by atoms with Crippen LogP contribution in [0.15, 0.2) is 47.4 Å². The van der Waals surface area contributed by atoms with Crippen molar-refractivity contribution in [2.24, 2.45) is 0 Å². The molecule has 0 aliphatic carbocycles. The molecule has 11 nitrogen and oxygen atoms in total. The Morgan fingerprint density at radius 2 is 1.66 bits per heavy atom. The van der Waals surface area contributed by atoms with E-state index in [2.05, 4.69) is 5.32 Å². The summed E-state index contributed by atoms with van der Waals surface area (Å²) in [6.07, 6.45) is 1.02. The second kappa shape index (κ2) is 10.7. The van der Waals surface area contributed by atoms with Gasteiger partial charge in [0.25, 0.3) is 0 Å². The lowest BCUT2D eigenvalue weighted by Gasteiger charge is -2.29. The van der Waals surface area contributed by atoms with Crippen molar-refractivity contribution >= 4 is 31.6 Å². The Morgan fingerprint density at radius 1 is 1.03 bits per heavy atom. The average Bonchev–Trinajstić information content (AvgIpc) is 2.81. The summed E-state index contributed by atoms with van der Waals surface area (Å²) in [4.78, 5) is 12.9. The van der Waals surface area contributed by atoms with Crippen LogP contribution in [0.1, 0.15) is 6.92 Å². The molecule has 0 radical (unpaired) electrons. The molecule has 0 saturated carbocycles. The van der Waals surface area contributed by atoms with Gasteiger partial charge >= 0.3 is 0 Å². The maximum absolute atomic E-state index is 12.7. The number of nitrogens with one attached hydrogen (secondary N) is 1. The minimum atomic E-state index is -3.79. The first-order valence-electron chi connectivity index (χ1n) is 10.7. The van der Waals surface area contributed by atoms with E-state index in [1.807, 2.05) is 0 Å². The van der Waals surface area contributed by atoms with Gasteiger partial charge in [-0.25, -0.2) is 21.1 Å². The molecule has 2 aromatic carbocycles. The Kier molecular flexibility index (Phi) is 8.13. The second-order valence-corrected chi connectivity index (χ2v) is 12.0. The fraction of sp³-hybridized carbons (Fsp3) is 0.409. The summed E-state index contributed by atoms with van der Waals surface area (Å²) in [5.74, 6) is 0.836. The number of ether oxygens (including phenoxy) is 3. The first kappa shape index (κ1) is 26.6. The molecule has 1 atom stereocenters. The number of nitrogens with zero attached hydrogens (tertiary/aromatic N) is 2. The van der Waals surface area contributed by atoms with E-state index < -0.39 is 32.0 Å². The van der Waals surface area contributed by atoms with Crippen molar-refractivity contribution in [2.75, 3.05) is 51.0 Å². The van der Waals surface area contributed by atoms with Crippen molar-refractivity contribution in [3.8, 4) is 17.2 Å². The number of benzene rings is 2. The highest BCUT2D eigenvalue weighted by molar-refractivity contribution is 7.92. The van der Waals surface area contributed by atoms with Gasteiger partial charge in [0.2, 0.25) is 26.0 Å². The molecule has 0 unspecified atom stereocenters. The van der Waals surface area contributed by atoms with E-state index in [0.29, 0.717) is 30.5 Å². The fourth-order valence-corrected chi connectivity index (χ4v) is 5.46. The third-order valence-corrected chi connectivity index (χ3v) is 8.21. The summed E-state index contributed by atoms with van der Waals surface area (Å²) >= 11 is 0. The van der Waals surface area contributed by atoms with Gasteiger partial charge in [0.15, 0.2) is 11.5 Å². The van der Waals surface area contributed by atoms with E-state index in [1.165, 1.54) is 51.4 Å². The maximum atomic E-state index is 12.7. The van der Waals surface area contributed by atoms with Crippen LogP contribution in [0.2, 0.25) is 0 Å². The van der Waals surface area contributed by atoms with Gasteiger partial charge < -0.3 is 19.5 Å². The summed E-state index contributed by atoms with van der Waals surface area (Å²) in [6, 6.07) is 9.57. The molecule has 0 bridgehead atoms. The number of fused-ring (bicyclic) bond motifs is 1. The minimum Gasteiger partial charge on any atom is -0.492 e. The molecule has 3 rings (SSSR count). The summed E-state index contributed by atoms with van der Waals surface area (Å²) in [7, 11) is -4.44. The monoisotopic (exact) mass is 527 g/mol. The van der Waals surface area contributed by atoms with Crippen molar-refractivity contribution in [2.45, 2.75) is 17.9 Å². The largest absolute Gasteiger partial charge is 0.492 e. The van der Waals surface area contributed by atoms with Gasteiger partial charge in [-0.1, -0.05) is 0 Å². The van der Waals surface area contributed by atoms with Crippen LogP contribution in [0.25, 0.3) is 0 Å². The molecule has 0 spiro atoms. The van der Waals surface area contributed by atoms with Crippen molar-refractivity contribution < 1.29 is 35.8 Å². The van der Waals surface area contributed by atoms with E-state index in [9.17, 15) is 21.6 Å². The number of hydrogen-bond acceptors (Lipinski definition) is 8. The fourth-order valence-electron chi connectivity index (χ4n) is 3.39. The third-order valence-electron chi connectivity index (χ3n) is 5.14. The lowest BCUT2D eigenvalue weighted by atomic mass is 10.2. The lowest BCUT2D eigenvalue weighted by Crippen LogP contribution is -2.48. The standard InChI is InChI=1S/C22H29N3O8S2/c1-16(25(34(4,27)28)17-5-10-20-21(15-17)33-14-13-32-20)22(26)23-11-12-31-18-6-8-19(9-7-18)35(29,30)24(2)3/h5-10,15-16H,11-14H2,1-4H3,(H,23,26)/t16-/m1/s1. The van der Waals surface area contributed by atoms with E-state index in [0.717, 1.165) is 14.9 Å². The van der Waals surface area contributed by atoms with Crippen LogP contribution in [0.4, 0.5) is 5.69 Å². The number of hydrogen-bond donors (Lipinski definition) is 1. The van der Waals surface area contributed by atoms with Gasteiger partial charge in [0.1, 0.15) is 31.6 Å². The number of anilines is 1. The number of carbonyl (C=O) groups excluding carboxylic acids is 1. The molecule has 0 fully saturated rings. The first-order chi connectivity index (χ1) is 16.4. The maximum Gasteiger partial charge on any atom is 0.243 e. The van der Waals surface area contributed by atoms with Crippen LogP contribution in [0.5, 0.6) is 17.2 Å². The van der Waals surface area contributed by atoms with Crippen LogP contribution in [0.3, 0.4) is 0 Å². The highest BCUT2D eigenvalue weighted by Gasteiger charge is 2.30. The number of sulfonamides is 2. The smallest absolute Gasteiger partial charge is 0.243 e. The molecule has 2 aromatic rings. The molecule has 1 amide bonds. The van der Waals surface area contributed by atoms with Crippen molar-refractivity contribution in [3.05, 3.63) is 42.5 Å². The molecule has 0 aromatic heterocycles. The van der Waals surface area contributed by atoms with Gasteiger partial charge in [-0.05, 0) is 43.3 Å². The van der Waals surface area contributed by atoms with E-state index >= 15 is 0 Å². The number of carbonyl (C=O) groups is 1. The van der Waals surface area contributed by atoms with Gasteiger partial charge in [-0.3, -0.25) is 9.10 Å². The molecule has 192 valence electrons. The molecule has 1 aliphatic heterocycles. The molecule has 0 saturated heterocycles. The summed E-state index contributed by atoms with van der Waals surface area (Å²) in [5.41, 5.74) is 0.281. The Bertz CT molecular complexity index is 1260. The SMILES string of the molecule is C[C@H](C(=O)NCCOc1ccc(S(=O)(=O)N(C)C)cc1)N(c1ccc2c(c1)OCCO2)S(C)(=O)=O. The Hall–Kier alpha value is -3.03. The summed E-state index contributed by atoms with van der Waals surface area (Å²) in [5, 5.41) is 2.66. The normalized spacial score (nSPS) is 14.3. The predicted octanol–water partition coefficient (Wildman–Crippen LogP) is 1.06. The van der Waals surface area contributed by atoms with Crippen molar-refractivity contribution in [1.29, 1.82) is 0 Å². The summed E-state index contributed by atoms with van der Waals surface area (Å²) in [6.45, 7) is 2.45. The van der Waals surface area contributed by atoms with E-state index in [1.54, 1.807) is 12.1 Å². The first-order valence-corrected chi connectivity index (χ1v) is 14.0. The van der Waals surface area contributed by atoms with Crippen molar-refractivity contribution in [1.82, 2.24) is 9.62 Å². The van der Waals surface area contributed by atoms with Gasteiger partial charge in [-0.15, -0.1) is 0 Å². The van der Waals surface area contributed by atoms with Crippen LogP contribution in [0, 0.1) is 0 Å². The van der Waals surface area contributed by atoms with Crippen molar-refractivity contribution in [3.63, 3.8) is 0 Å². The Morgan fingerprint density at radius 3 is 2.26 bits per heavy atom. The topological polar surface area (TPSA) is 132 Å². The zero-order chi connectivity index (χ0) is 25.8. The number of rotatable bonds is 10. The molecular formula is C22H29N3O8S2. The quantitative estimate of drug-likeness (QED) is 0.454. The second-order valence-electron chi connectivity index (χ2n) is 7.96. The zero-order valence-corrected chi connectivity index (χ0v) is 21.6. The predicted molar refractivity (Wildman–Crippen MR) is 130 cm³/mol. The third kappa shape index (κ3) is 6.35. The molecular weight excluding hydrogens is 498 g/mol. The van der Waals surface area contributed by atoms with E-state index in [-0.39, 0.29) is 23.7 Å². The van der Waals surface area contributed by atoms with Gasteiger partial charge in [0.05, 0.1) is 23.4 Å². The van der Waals surface area contributed by atoms with Crippen LogP contribution < -0.4 is 23.8 Å². The highest BCUT2D eigenvalue weighted by atomic mass is 32.2. The van der Waals surface area contributed by atoms with Crippen LogP contribution in [-0.2, 0) is 24.8 Å². The molecule has 35 heavy (non-hydrogen) atoms.